The van der Waals surface area contributed by atoms with Crippen molar-refractivity contribution in [2.45, 2.75) is 159 Å². The number of hydrogen-bond donors (Lipinski definition) is 6. The van der Waals surface area contributed by atoms with Crippen molar-refractivity contribution >= 4 is 60.3 Å². The van der Waals surface area contributed by atoms with Crippen molar-refractivity contribution in [3.8, 4) is 11.4 Å². The summed E-state index contributed by atoms with van der Waals surface area (Å²) in [5.41, 5.74) is 6.47. The number of amides is 6. The number of halogens is 2. The van der Waals surface area contributed by atoms with E-state index < -0.39 is 59.9 Å². The van der Waals surface area contributed by atoms with Gasteiger partial charge in [0, 0.05) is 39.0 Å². The van der Waals surface area contributed by atoms with Gasteiger partial charge in [-0.25, -0.2) is 9.36 Å². The van der Waals surface area contributed by atoms with E-state index in [-0.39, 0.29) is 61.6 Å². The number of aryl methyl sites for hydroxylation is 4. The largest absolute Gasteiger partial charge is 0.347 e. The first-order chi connectivity index (χ1) is 34.4. The van der Waals surface area contributed by atoms with Gasteiger partial charge in [-0.05, 0) is 121 Å². The average molecular weight is 1050 g/mol. The van der Waals surface area contributed by atoms with E-state index in [0.29, 0.717) is 81.1 Å². The lowest BCUT2D eigenvalue weighted by molar-refractivity contribution is -0.141. The Labute approximate surface area is 438 Å². The number of hydrogen-bond acceptors (Lipinski definition) is 12. The molecule has 2 aromatic carbocycles. The van der Waals surface area contributed by atoms with Crippen molar-refractivity contribution in [3.63, 3.8) is 0 Å². The maximum atomic E-state index is 14.9. The Balaban J connectivity index is 0.00000390. The number of likely N-dealkylation sites (tertiary alicyclic amines) is 2. The molecule has 22 heteroatoms. The van der Waals surface area contributed by atoms with Crippen LogP contribution in [0.5, 0.6) is 0 Å². The second-order valence-corrected chi connectivity index (χ2v) is 19.8. The number of carbonyl (C=O) groups excluding carboxylic acids is 6. The normalized spacial score (nSPS) is 21.5. The monoisotopic (exact) mass is 1040 g/mol. The zero-order valence-electron chi connectivity index (χ0n) is 42.1. The van der Waals surface area contributed by atoms with Crippen LogP contribution in [0, 0.1) is 0 Å². The van der Waals surface area contributed by atoms with Crippen LogP contribution in [0.25, 0.3) is 11.4 Å². The molecule has 3 aliphatic heterocycles. The van der Waals surface area contributed by atoms with Gasteiger partial charge in [-0.1, -0.05) is 59.0 Å². The lowest BCUT2D eigenvalue weighted by atomic mass is 9.87. The molecule has 2 aliphatic carbocycles. The standard InChI is InChI=1S/C51H68N14O6.2ClH/c1-30(52-3)46(66)56-40(50(70)62-24-11-22-42(62)48(68)54-36-20-9-16-32-14-5-7-18-34(32)36)28-38-44-45-39(59-61-65(45)27-13-26-64(44)60-58-38)29-41(57-47(67)31(2)53-4)51(71)63-25-12-23-43(63)49(69)55-37-21-10-17-33-15-6-8-19-35(33)37;;/h5-8,14-15,18-19,30-31,36-37,40-43,52-53H,9-13,16-17,20-29H2,1-4H3,(H,54,68)(H,55,69)(H,56,66)(H,57,67);2*1H/t30-,31-,36+,37+,40-,41-,42-,43-;;/m0../s1. The van der Waals surface area contributed by atoms with Gasteiger partial charge in [0.15, 0.2) is 0 Å². The van der Waals surface area contributed by atoms with E-state index in [2.05, 4.69) is 76.8 Å². The Hall–Kier alpha value is -5.96. The molecule has 0 unspecified atom stereocenters. The highest BCUT2D eigenvalue weighted by Gasteiger charge is 2.43. The van der Waals surface area contributed by atoms with Gasteiger partial charge < -0.3 is 41.7 Å². The zero-order valence-corrected chi connectivity index (χ0v) is 43.7. The molecule has 0 bridgehead atoms. The van der Waals surface area contributed by atoms with Crippen molar-refractivity contribution in [1.82, 2.24) is 71.7 Å². The third-order valence-corrected chi connectivity index (χ3v) is 15.3. The molecule has 2 saturated heterocycles. The lowest BCUT2D eigenvalue weighted by Gasteiger charge is -2.32. The number of rotatable bonds is 16. The summed E-state index contributed by atoms with van der Waals surface area (Å²) < 4.78 is 3.47. The van der Waals surface area contributed by atoms with Crippen LogP contribution in [0.3, 0.4) is 0 Å². The van der Waals surface area contributed by atoms with Crippen molar-refractivity contribution in [3.05, 3.63) is 82.2 Å². The molecular formula is C51H70Cl2N14O6. The number of benzene rings is 2. The first kappa shape index (κ1) is 54.8. The number of nitrogens with one attached hydrogen (secondary N) is 6. The Kier molecular flexibility index (Phi) is 18.3. The molecule has 9 rings (SSSR count). The summed E-state index contributed by atoms with van der Waals surface area (Å²) in [6, 6.07) is 11.0. The van der Waals surface area contributed by atoms with Crippen LogP contribution in [0.15, 0.2) is 48.5 Å². The molecule has 6 amide bonds. The third-order valence-electron chi connectivity index (χ3n) is 15.3. The fourth-order valence-corrected chi connectivity index (χ4v) is 11.2. The SMILES string of the molecule is CN[C@@H](C)C(=O)N[C@@H](Cc1nnn2c1-c1c(C[C@H](NC(=O)[C@H](C)NC)C(=O)N3CCC[C@H]3C(=O)N[C@@H]3CCCc4ccccc43)nnn1CCC2)C(=O)N1CCC[C@H]1C(=O)N[C@@H]1CCCc2ccccc21.Cl.Cl. The van der Waals surface area contributed by atoms with Crippen LogP contribution in [0.4, 0.5) is 0 Å². The van der Waals surface area contributed by atoms with Crippen LogP contribution in [-0.4, -0.2) is 139 Å². The minimum absolute atomic E-state index is 0. The number of nitrogens with zero attached hydrogens (tertiary/aromatic N) is 8. The van der Waals surface area contributed by atoms with E-state index in [1.807, 2.05) is 24.3 Å². The van der Waals surface area contributed by atoms with Crippen LogP contribution in [-0.2, 0) is 67.5 Å². The Morgan fingerprint density at radius 2 is 0.973 bits per heavy atom. The van der Waals surface area contributed by atoms with Crippen LogP contribution in [0.2, 0.25) is 0 Å². The molecule has 0 saturated carbocycles. The molecule has 20 nitrogen and oxygen atoms in total. The molecule has 0 radical (unpaired) electrons. The number of aromatic nitrogens is 6. The molecule has 73 heavy (non-hydrogen) atoms. The number of fused-ring (bicyclic) bond motifs is 5. The van der Waals surface area contributed by atoms with E-state index in [9.17, 15) is 28.8 Å². The second kappa shape index (κ2) is 24.4. The highest BCUT2D eigenvalue weighted by atomic mass is 35.5. The molecule has 2 aromatic heterocycles. The van der Waals surface area contributed by atoms with E-state index in [1.54, 1.807) is 47.1 Å². The highest BCUT2D eigenvalue weighted by molar-refractivity contribution is 5.95. The van der Waals surface area contributed by atoms with Gasteiger partial charge in [-0.3, -0.25) is 28.8 Å². The van der Waals surface area contributed by atoms with Gasteiger partial charge in [0.2, 0.25) is 35.4 Å². The Morgan fingerprint density at radius 3 is 1.38 bits per heavy atom. The van der Waals surface area contributed by atoms with E-state index in [0.717, 1.165) is 49.7 Å². The van der Waals surface area contributed by atoms with Crippen LogP contribution in [0.1, 0.15) is 117 Å². The summed E-state index contributed by atoms with van der Waals surface area (Å²) in [6.45, 7) is 5.00. The number of carbonyl (C=O) groups is 6. The van der Waals surface area contributed by atoms with Crippen LogP contribution < -0.4 is 31.9 Å². The maximum Gasteiger partial charge on any atom is 0.246 e. The molecule has 6 N–H and O–H groups in total. The smallest absolute Gasteiger partial charge is 0.246 e. The van der Waals surface area contributed by atoms with Gasteiger partial charge in [-0.15, -0.1) is 35.0 Å². The van der Waals surface area contributed by atoms with Gasteiger partial charge in [-0.2, -0.15) is 0 Å². The van der Waals surface area contributed by atoms with Gasteiger partial charge in [0.25, 0.3) is 0 Å². The third kappa shape index (κ3) is 11.7. The van der Waals surface area contributed by atoms with Crippen molar-refractivity contribution in [2.75, 3.05) is 27.2 Å². The first-order valence-corrected chi connectivity index (χ1v) is 25.6. The van der Waals surface area contributed by atoms with Gasteiger partial charge in [0.05, 0.1) is 35.6 Å². The summed E-state index contributed by atoms with van der Waals surface area (Å²) in [6.07, 6.45) is 8.09. The van der Waals surface area contributed by atoms with Crippen molar-refractivity contribution in [1.29, 1.82) is 0 Å². The first-order valence-electron chi connectivity index (χ1n) is 25.6. The quantitative estimate of drug-likeness (QED) is 0.0949. The Bertz CT molecular complexity index is 2470. The molecule has 4 aromatic rings. The predicted octanol–water partition coefficient (Wildman–Crippen LogP) is 2.42. The van der Waals surface area contributed by atoms with Crippen molar-refractivity contribution in [2.24, 2.45) is 0 Å². The molecule has 8 atom stereocenters. The molecule has 0 spiro atoms. The molecule has 5 heterocycles. The number of likely N-dealkylation sites (N-methyl/N-ethyl adjacent to an activating group) is 2. The molecule has 5 aliphatic rings. The molecule has 2 fully saturated rings. The van der Waals surface area contributed by atoms with Gasteiger partial charge >= 0.3 is 0 Å². The second-order valence-electron chi connectivity index (χ2n) is 19.8. The van der Waals surface area contributed by atoms with E-state index in [1.165, 1.54) is 11.1 Å². The molecule has 394 valence electrons. The average Bonchev–Trinajstić information content (AvgIpc) is 4.22. The van der Waals surface area contributed by atoms with E-state index in [4.69, 9.17) is 0 Å². The minimum atomic E-state index is -1.13. The zero-order chi connectivity index (χ0) is 49.8. The minimum Gasteiger partial charge on any atom is -0.347 e. The topological polar surface area (TPSA) is 242 Å². The maximum absolute atomic E-state index is 14.9. The fourth-order valence-electron chi connectivity index (χ4n) is 11.2. The van der Waals surface area contributed by atoms with Crippen molar-refractivity contribution < 1.29 is 28.8 Å². The Morgan fingerprint density at radius 1 is 0.562 bits per heavy atom. The van der Waals surface area contributed by atoms with E-state index >= 15 is 0 Å². The molecular weight excluding hydrogens is 976 g/mol. The summed E-state index contributed by atoms with van der Waals surface area (Å²) in [5, 5.41) is 36.7. The summed E-state index contributed by atoms with van der Waals surface area (Å²) >= 11 is 0. The predicted molar refractivity (Wildman–Crippen MR) is 276 cm³/mol. The lowest BCUT2D eigenvalue weighted by Crippen LogP contribution is -2.56. The fraction of sp³-hybridized carbons (Fsp3) is 0.569. The summed E-state index contributed by atoms with van der Waals surface area (Å²) in [7, 11) is 3.32. The van der Waals surface area contributed by atoms with Gasteiger partial charge in [0.1, 0.15) is 35.6 Å². The summed E-state index contributed by atoms with van der Waals surface area (Å²) in [4.78, 5) is 88.5. The summed E-state index contributed by atoms with van der Waals surface area (Å²) in [5.74, 6) is -2.06. The highest BCUT2D eigenvalue weighted by Crippen LogP contribution is 2.34. The van der Waals surface area contributed by atoms with Crippen LogP contribution >= 0.6 is 24.8 Å².